The van der Waals surface area contributed by atoms with Gasteiger partial charge in [-0.05, 0) is 54.8 Å². The van der Waals surface area contributed by atoms with Gasteiger partial charge in [0, 0.05) is 35.9 Å². The van der Waals surface area contributed by atoms with Crippen molar-refractivity contribution in [3.63, 3.8) is 0 Å². The molecule has 1 heterocycles. The Balaban J connectivity index is 1.88. The van der Waals surface area contributed by atoms with Gasteiger partial charge in [0.15, 0.2) is 0 Å². The lowest BCUT2D eigenvalue weighted by atomic mass is 9.89. The van der Waals surface area contributed by atoms with Gasteiger partial charge in [-0.25, -0.2) is 0 Å². The predicted molar refractivity (Wildman–Crippen MR) is 95.5 cm³/mol. The molecule has 6 unspecified atom stereocenters. The van der Waals surface area contributed by atoms with Crippen LogP contribution in [0.4, 0.5) is 0 Å². The van der Waals surface area contributed by atoms with E-state index in [0.29, 0.717) is 31.3 Å². The van der Waals surface area contributed by atoms with E-state index >= 15 is 0 Å². The van der Waals surface area contributed by atoms with Crippen LogP contribution in [0.3, 0.4) is 0 Å². The van der Waals surface area contributed by atoms with Gasteiger partial charge < -0.3 is 13.3 Å². The average Bonchev–Trinajstić information content (AvgIpc) is 3.10. The van der Waals surface area contributed by atoms with Crippen LogP contribution >= 0.6 is 31.4 Å². The van der Waals surface area contributed by atoms with E-state index in [1.54, 1.807) is 0 Å². The van der Waals surface area contributed by atoms with Crippen molar-refractivity contribution < 1.29 is 13.3 Å². The highest BCUT2D eigenvalue weighted by molar-refractivity contribution is 9.11. The van der Waals surface area contributed by atoms with Gasteiger partial charge in [0.1, 0.15) is 0 Å². The van der Waals surface area contributed by atoms with Crippen molar-refractivity contribution in [2.24, 2.45) is 17.8 Å². The van der Waals surface area contributed by atoms with E-state index in [4.69, 9.17) is 13.3 Å². The summed E-state index contributed by atoms with van der Waals surface area (Å²) in [5, 5.41) is 1.62. The Kier molecular flexibility index (Phi) is 5.62. The van der Waals surface area contributed by atoms with Crippen molar-refractivity contribution >= 4 is 40.2 Å². The quantitative estimate of drug-likeness (QED) is 0.487. The average molecular weight is 367 g/mol. The SMILES string of the molecule is CCO[Si](OCC)(OCC)C1C(C)C2CC1C1SSSC21. The van der Waals surface area contributed by atoms with E-state index < -0.39 is 8.80 Å². The van der Waals surface area contributed by atoms with Crippen molar-refractivity contribution in [2.45, 2.75) is 50.2 Å². The van der Waals surface area contributed by atoms with Gasteiger partial charge in [0.05, 0.1) is 0 Å². The molecule has 0 N–H and O–H groups in total. The molecule has 2 aliphatic carbocycles. The van der Waals surface area contributed by atoms with E-state index in [1.807, 2.05) is 9.83 Å². The fourth-order valence-electron chi connectivity index (χ4n) is 4.56. The van der Waals surface area contributed by atoms with E-state index in [2.05, 4.69) is 49.3 Å². The van der Waals surface area contributed by atoms with Crippen LogP contribution in [0.2, 0.25) is 5.54 Å². The summed E-state index contributed by atoms with van der Waals surface area (Å²) in [5.41, 5.74) is 0.496. The van der Waals surface area contributed by atoms with Gasteiger partial charge in [-0.1, -0.05) is 28.5 Å². The molecular formula is C14H26O3S3Si. The second kappa shape index (κ2) is 6.95. The van der Waals surface area contributed by atoms with E-state index in [9.17, 15) is 0 Å². The standard InChI is InChI=1S/C14H26O3S3Si/c1-5-15-21(16-6-2,17-7-3)14-9(4)10-8-11(14)13-12(10)18-20-19-13/h9-14H,5-8H2,1-4H3. The van der Waals surface area contributed by atoms with Gasteiger partial charge in [0.2, 0.25) is 0 Å². The highest BCUT2D eigenvalue weighted by Crippen LogP contribution is 2.71. The van der Waals surface area contributed by atoms with Gasteiger partial charge in [-0.15, -0.1) is 0 Å². The Hall–Kier alpha value is 1.15. The largest absolute Gasteiger partial charge is 0.504 e. The van der Waals surface area contributed by atoms with Crippen LogP contribution in [0, 0.1) is 17.8 Å². The molecule has 0 spiro atoms. The van der Waals surface area contributed by atoms with E-state index in [0.717, 1.165) is 22.3 Å². The molecule has 1 saturated heterocycles. The minimum absolute atomic E-state index is 0.496. The van der Waals surface area contributed by atoms with Crippen LogP contribution in [0.5, 0.6) is 0 Å². The molecule has 3 nitrogen and oxygen atoms in total. The Morgan fingerprint density at radius 3 is 1.95 bits per heavy atom. The van der Waals surface area contributed by atoms with Crippen molar-refractivity contribution in [3.8, 4) is 0 Å². The molecule has 0 radical (unpaired) electrons. The summed E-state index contributed by atoms with van der Waals surface area (Å²) < 4.78 is 18.7. The van der Waals surface area contributed by atoms with Gasteiger partial charge in [-0.2, -0.15) is 0 Å². The number of hydrogen-bond donors (Lipinski definition) is 0. The topological polar surface area (TPSA) is 27.7 Å². The maximum absolute atomic E-state index is 6.24. The lowest BCUT2D eigenvalue weighted by Gasteiger charge is -2.43. The molecule has 21 heavy (non-hydrogen) atoms. The second-order valence-corrected chi connectivity index (χ2v) is 13.2. The van der Waals surface area contributed by atoms with Crippen LogP contribution in [0.15, 0.2) is 0 Å². The molecule has 2 saturated carbocycles. The monoisotopic (exact) mass is 366 g/mol. The summed E-state index contributed by atoms with van der Waals surface area (Å²) in [7, 11) is 3.62. The van der Waals surface area contributed by atoms with Crippen LogP contribution in [0.1, 0.15) is 34.1 Å². The Morgan fingerprint density at radius 1 is 0.905 bits per heavy atom. The highest BCUT2D eigenvalue weighted by Gasteiger charge is 2.68. The Labute approximate surface area is 141 Å². The summed E-state index contributed by atoms with van der Waals surface area (Å²) in [5.74, 6) is 2.21. The van der Waals surface area contributed by atoms with Crippen LogP contribution in [-0.4, -0.2) is 39.1 Å². The second-order valence-electron chi connectivity index (χ2n) is 6.04. The van der Waals surface area contributed by atoms with Crippen molar-refractivity contribution in [1.29, 1.82) is 0 Å². The first kappa shape index (κ1) is 17.0. The molecule has 7 heteroatoms. The molecule has 3 aliphatic rings. The summed E-state index contributed by atoms with van der Waals surface area (Å²) in [6.45, 7) is 10.7. The number of fused-ring (bicyclic) bond motifs is 5. The Morgan fingerprint density at radius 2 is 1.43 bits per heavy atom. The smallest absolute Gasteiger partial charge is 0.374 e. The summed E-state index contributed by atoms with van der Waals surface area (Å²) >= 11 is 0. The summed E-state index contributed by atoms with van der Waals surface area (Å²) in [4.78, 5) is 0. The fourth-order valence-corrected chi connectivity index (χ4v) is 15.3. The first-order valence-electron chi connectivity index (χ1n) is 8.09. The van der Waals surface area contributed by atoms with Gasteiger partial charge in [-0.3, -0.25) is 0 Å². The van der Waals surface area contributed by atoms with Gasteiger partial charge >= 0.3 is 8.80 Å². The zero-order valence-corrected chi connectivity index (χ0v) is 16.7. The molecule has 0 amide bonds. The normalized spacial score (nSPS) is 41.7. The van der Waals surface area contributed by atoms with Crippen molar-refractivity contribution in [1.82, 2.24) is 0 Å². The molecule has 3 rings (SSSR count). The third kappa shape index (κ3) is 2.74. The molecule has 2 bridgehead atoms. The number of rotatable bonds is 7. The maximum Gasteiger partial charge on any atom is 0.504 e. The van der Waals surface area contributed by atoms with Crippen molar-refractivity contribution in [2.75, 3.05) is 19.8 Å². The molecule has 6 atom stereocenters. The van der Waals surface area contributed by atoms with Gasteiger partial charge in [0.25, 0.3) is 0 Å². The maximum atomic E-state index is 6.24. The van der Waals surface area contributed by atoms with Crippen LogP contribution in [0.25, 0.3) is 0 Å². The fraction of sp³-hybridized carbons (Fsp3) is 1.00. The minimum Gasteiger partial charge on any atom is -0.374 e. The van der Waals surface area contributed by atoms with E-state index in [-0.39, 0.29) is 0 Å². The van der Waals surface area contributed by atoms with Crippen LogP contribution in [-0.2, 0) is 13.3 Å². The molecule has 0 aromatic rings. The first-order chi connectivity index (χ1) is 10.2. The third-order valence-electron chi connectivity index (χ3n) is 5.16. The molecule has 3 fully saturated rings. The van der Waals surface area contributed by atoms with Crippen molar-refractivity contribution in [3.05, 3.63) is 0 Å². The predicted octanol–water partition coefficient (Wildman–Crippen LogP) is 4.47. The lowest BCUT2D eigenvalue weighted by Crippen LogP contribution is -2.56. The molecular weight excluding hydrogens is 340 g/mol. The van der Waals surface area contributed by atoms with Crippen LogP contribution < -0.4 is 0 Å². The molecule has 122 valence electrons. The lowest BCUT2D eigenvalue weighted by molar-refractivity contribution is 0.0479. The summed E-state index contributed by atoms with van der Waals surface area (Å²) in [6, 6.07) is 0. The molecule has 0 aromatic carbocycles. The molecule has 0 aromatic heterocycles. The minimum atomic E-state index is -2.57. The summed E-state index contributed by atoms with van der Waals surface area (Å²) in [6.07, 6.45) is 1.35. The first-order valence-corrected chi connectivity index (χ1v) is 13.5. The zero-order valence-electron chi connectivity index (χ0n) is 13.2. The highest BCUT2D eigenvalue weighted by atomic mass is 33.5. The van der Waals surface area contributed by atoms with E-state index in [1.165, 1.54) is 6.42 Å². The zero-order chi connectivity index (χ0) is 15.0. The Bertz CT molecular complexity index is 356. The third-order valence-corrected chi connectivity index (χ3v) is 14.3. The molecule has 1 aliphatic heterocycles. The number of hydrogen-bond acceptors (Lipinski definition) is 6.